The van der Waals surface area contributed by atoms with Crippen LogP contribution in [0.25, 0.3) is 0 Å². The van der Waals surface area contributed by atoms with Crippen LogP contribution in [0.2, 0.25) is 0 Å². The molecule has 0 aromatic carbocycles. The molecular formula is C10H20FNO. The highest BCUT2D eigenvalue weighted by molar-refractivity contribution is 4.76. The third-order valence-electron chi connectivity index (χ3n) is 2.61. The molecule has 1 aliphatic rings. The fourth-order valence-electron chi connectivity index (χ4n) is 1.80. The van der Waals surface area contributed by atoms with Crippen LogP contribution in [-0.2, 0) is 4.74 Å². The lowest BCUT2D eigenvalue weighted by atomic mass is 10.1. The van der Waals surface area contributed by atoms with E-state index in [1.54, 1.807) is 0 Å². The van der Waals surface area contributed by atoms with E-state index in [2.05, 4.69) is 0 Å². The molecule has 0 radical (unpaired) electrons. The lowest BCUT2D eigenvalue weighted by Crippen LogP contribution is -2.36. The van der Waals surface area contributed by atoms with E-state index in [-0.39, 0.29) is 18.8 Å². The van der Waals surface area contributed by atoms with Gasteiger partial charge in [0.05, 0.1) is 12.8 Å². The maximum absolute atomic E-state index is 11.8. The van der Waals surface area contributed by atoms with E-state index in [0.29, 0.717) is 13.0 Å². The lowest BCUT2D eigenvalue weighted by Gasteiger charge is -2.21. The van der Waals surface area contributed by atoms with E-state index in [4.69, 9.17) is 10.5 Å². The number of rotatable bonds is 4. The molecule has 2 unspecified atom stereocenters. The van der Waals surface area contributed by atoms with E-state index in [1.807, 2.05) is 0 Å². The molecule has 0 aromatic heterocycles. The van der Waals surface area contributed by atoms with Gasteiger partial charge in [-0.2, -0.15) is 0 Å². The van der Waals surface area contributed by atoms with Crippen LogP contribution in [0.3, 0.4) is 0 Å². The van der Waals surface area contributed by atoms with Crippen molar-refractivity contribution >= 4 is 0 Å². The molecule has 2 atom stereocenters. The standard InChI is InChI=1S/C10H20FNO/c11-7-4-8-13-10-6-3-1-2-5-9(10)12/h9-10H,1-8,12H2. The molecule has 0 spiro atoms. The number of hydrogen-bond donors (Lipinski definition) is 1. The summed E-state index contributed by atoms with van der Waals surface area (Å²) in [5.74, 6) is 0. The Kier molecular flexibility index (Phi) is 5.32. The molecule has 1 rings (SSSR count). The average molecular weight is 189 g/mol. The summed E-state index contributed by atoms with van der Waals surface area (Å²) in [6.45, 7) is 0.233. The Morgan fingerprint density at radius 2 is 2.00 bits per heavy atom. The van der Waals surface area contributed by atoms with Crippen LogP contribution < -0.4 is 5.73 Å². The van der Waals surface area contributed by atoms with Gasteiger partial charge in [0.15, 0.2) is 0 Å². The zero-order valence-corrected chi connectivity index (χ0v) is 8.18. The van der Waals surface area contributed by atoms with Crippen molar-refractivity contribution in [3.05, 3.63) is 0 Å². The number of nitrogens with two attached hydrogens (primary N) is 1. The van der Waals surface area contributed by atoms with E-state index in [9.17, 15) is 4.39 Å². The largest absolute Gasteiger partial charge is 0.377 e. The Morgan fingerprint density at radius 3 is 2.77 bits per heavy atom. The molecule has 0 bridgehead atoms. The van der Waals surface area contributed by atoms with Gasteiger partial charge in [-0.15, -0.1) is 0 Å². The SMILES string of the molecule is NC1CCCCCC1OCCCF. The molecule has 1 fully saturated rings. The lowest BCUT2D eigenvalue weighted by molar-refractivity contribution is 0.0277. The first-order chi connectivity index (χ1) is 6.34. The molecule has 2 nitrogen and oxygen atoms in total. The summed E-state index contributed by atoms with van der Waals surface area (Å²) in [5.41, 5.74) is 5.94. The smallest absolute Gasteiger partial charge is 0.0916 e. The summed E-state index contributed by atoms with van der Waals surface area (Å²) in [6.07, 6.45) is 6.46. The van der Waals surface area contributed by atoms with Crippen molar-refractivity contribution in [3.8, 4) is 0 Å². The molecule has 0 aromatic rings. The van der Waals surface area contributed by atoms with Crippen LogP contribution in [0, 0.1) is 0 Å². The molecule has 0 heterocycles. The highest BCUT2D eigenvalue weighted by Gasteiger charge is 2.20. The zero-order chi connectivity index (χ0) is 9.52. The van der Waals surface area contributed by atoms with Crippen molar-refractivity contribution < 1.29 is 9.13 Å². The zero-order valence-electron chi connectivity index (χ0n) is 8.18. The van der Waals surface area contributed by atoms with E-state index >= 15 is 0 Å². The third-order valence-corrected chi connectivity index (χ3v) is 2.61. The van der Waals surface area contributed by atoms with Gasteiger partial charge < -0.3 is 10.5 Å². The minimum absolute atomic E-state index is 0.169. The normalized spacial score (nSPS) is 30.0. The number of halogens is 1. The Hall–Kier alpha value is -0.150. The Bertz CT molecular complexity index is 132. The highest BCUT2D eigenvalue weighted by atomic mass is 19.1. The third kappa shape index (κ3) is 4.05. The van der Waals surface area contributed by atoms with Crippen LogP contribution in [0.1, 0.15) is 38.5 Å². The van der Waals surface area contributed by atoms with Gasteiger partial charge in [-0.05, 0) is 19.3 Å². The summed E-state index contributed by atoms with van der Waals surface area (Å²) >= 11 is 0. The second-order valence-corrected chi connectivity index (χ2v) is 3.75. The van der Waals surface area contributed by atoms with Gasteiger partial charge in [0.2, 0.25) is 0 Å². The minimum Gasteiger partial charge on any atom is -0.377 e. The molecule has 1 saturated carbocycles. The van der Waals surface area contributed by atoms with Crippen LogP contribution in [0.5, 0.6) is 0 Å². The fraction of sp³-hybridized carbons (Fsp3) is 1.00. The predicted molar refractivity (Wildman–Crippen MR) is 51.4 cm³/mol. The molecular weight excluding hydrogens is 169 g/mol. The van der Waals surface area contributed by atoms with Crippen LogP contribution in [-0.4, -0.2) is 25.4 Å². The number of ether oxygens (including phenoxy) is 1. The van der Waals surface area contributed by atoms with Crippen molar-refractivity contribution in [1.82, 2.24) is 0 Å². The molecule has 2 N–H and O–H groups in total. The molecule has 0 saturated heterocycles. The maximum Gasteiger partial charge on any atom is 0.0916 e. The van der Waals surface area contributed by atoms with E-state index in [0.717, 1.165) is 12.8 Å². The van der Waals surface area contributed by atoms with Crippen molar-refractivity contribution in [2.75, 3.05) is 13.3 Å². The molecule has 13 heavy (non-hydrogen) atoms. The van der Waals surface area contributed by atoms with Gasteiger partial charge in [-0.1, -0.05) is 19.3 Å². The summed E-state index contributed by atoms with van der Waals surface area (Å²) in [6, 6.07) is 0.169. The first-order valence-electron chi connectivity index (χ1n) is 5.27. The maximum atomic E-state index is 11.8. The van der Waals surface area contributed by atoms with Crippen molar-refractivity contribution in [2.24, 2.45) is 5.73 Å². The second kappa shape index (κ2) is 6.33. The summed E-state index contributed by atoms with van der Waals surface area (Å²) in [7, 11) is 0. The first-order valence-corrected chi connectivity index (χ1v) is 5.27. The molecule has 78 valence electrons. The van der Waals surface area contributed by atoms with Crippen molar-refractivity contribution in [1.29, 1.82) is 0 Å². The monoisotopic (exact) mass is 189 g/mol. The molecule has 1 aliphatic carbocycles. The molecule has 0 amide bonds. The van der Waals surface area contributed by atoms with Gasteiger partial charge >= 0.3 is 0 Å². The van der Waals surface area contributed by atoms with E-state index in [1.165, 1.54) is 19.3 Å². The van der Waals surface area contributed by atoms with Gasteiger partial charge in [-0.3, -0.25) is 4.39 Å². The summed E-state index contributed by atoms with van der Waals surface area (Å²) < 4.78 is 17.4. The van der Waals surface area contributed by atoms with Gasteiger partial charge in [0.25, 0.3) is 0 Å². The first kappa shape index (κ1) is 10.9. The predicted octanol–water partition coefficient (Wildman–Crippen LogP) is 2.02. The Balaban J connectivity index is 2.19. The second-order valence-electron chi connectivity index (χ2n) is 3.75. The summed E-state index contributed by atoms with van der Waals surface area (Å²) in [5, 5.41) is 0. The molecule has 3 heteroatoms. The molecule has 0 aliphatic heterocycles. The topological polar surface area (TPSA) is 35.2 Å². The number of hydrogen-bond acceptors (Lipinski definition) is 2. The van der Waals surface area contributed by atoms with Crippen LogP contribution >= 0.6 is 0 Å². The van der Waals surface area contributed by atoms with E-state index < -0.39 is 0 Å². The number of alkyl halides is 1. The van der Waals surface area contributed by atoms with Gasteiger partial charge in [0, 0.05) is 12.6 Å². The van der Waals surface area contributed by atoms with Crippen molar-refractivity contribution in [2.45, 2.75) is 50.7 Å². The fourth-order valence-corrected chi connectivity index (χ4v) is 1.80. The quantitative estimate of drug-likeness (QED) is 0.542. The highest BCUT2D eigenvalue weighted by Crippen LogP contribution is 2.19. The Labute approximate surface area is 79.6 Å². The average Bonchev–Trinajstić information content (AvgIpc) is 2.32. The van der Waals surface area contributed by atoms with Crippen molar-refractivity contribution in [3.63, 3.8) is 0 Å². The van der Waals surface area contributed by atoms with Crippen LogP contribution in [0.15, 0.2) is 0 Å². The van der Waals surface area contributed by atoms with Gasteiger partial charge in [0.1, 0.15) is 0 Å². The van der Waals surface area contributed by atoms with Crippen LogP contribution in [0.4, 0.5) is 4.39 Å². The Morgan fingerprint density at radius 1 is 1.23 bits per heavy atom. The van der Waals surface area contributed by atoms with Gasteiger partial charge in [-0.25, -0.2) is 0 Å². The summed E-state index contributed by atoms with van der Waals surface area (Å²) in [4.78, 5) is 0. The minimum atomic E-state index is -0.290.